The molecular weight excluding hydrogens is 353 g/mol. The molecule has 0 bridgehead atoms. The van der Waals surface area contributed by atoms with E-state index in [9.17, 15) is 8.78 Å². The third kappa shape index (κ3) is 2.65. The van der Waals surface area contributed by atoms with Gasteiger partial charge in [0.1, 0.15) is 0 Å². The Hall–Kier alpha value is -0.160. The third-order valence-electron chi connectivity index (χ3n) is 2.19. The van der Waals surface area contributed by atoms with Crippen LogP contribution in [0.2, 0.25) is 10.0 Å². The molecule has 6 heteroatoms. The molecule has 0 saturated heterocycles. The molecule has 1 aromatic carbocycles. The smallest absolute Gasteiger partial charge is 0.160 e. The standard InChI is InChI=1S/C11H5BrCl2F2S/c12-10(11-6(13)1-2-17-11)5-3-8(15)9(16)4-7(5)14/h1-4,10H. The van der Waals surface area contributed by atoms with Crippen LogP contribution in [0.4, 0.5) is 8.78 Å². The van der Waals surface area contributed by atoms with E-state index in [2.05, 4.69) is 15.9 Å². The first-order valence-electron chi connectivity index (χ1n) is 4.52. The molecule has 1 atom stereocenters. The maximum atomic E-state index is 13.2. The Morgan fingerprint density at radius 2 is 1.76 bits per heavy atom. The van der Waals surface area contributed by atoms with Crippen LogP contribution in [-0.2, 0) is 0 Å². The van der Waals surface area contributed by atoms with E-state index in [0.717, 1.165) is 17.0 Å². The molecule has 0 fully saturated rings. The monoisotopic (exact) mass is 356 g/mol. The van der Waals surface area contributed by atoms with Gasteiger partial charge >= 0.3 is 0 Å². The van der Waals surface area contributed by atoms with Crippen molar-refractivity contribution in [1.29, 1.82) is 0 Å². The molecule has 0 saturated carbocycles. The Morgan fingerprint density at radius 1 is 1.12 bits per heavy atom. The van der Waals surface area contributed by atoms with Gasteiger partial charge < -0.3 is 0 Å². The van der Waals surface area contributed by atoms with Gasteiger partial charge in [0.05, 0.1) is 9.85 Å². The Morgan fingerprint density at radius 3 is 2.35 bits per heavy atom. The van der Waals surface area contributed by atoms with Crippen LogP contribution < -0.4 is 0 Å². The number of thiophene rings is 1. The lowest BCUT2D eigenvalue weighted by Gasteiger charge is -2.11. The van der Waals surface area contributed by atoms with Crippen LogP contribution in [-0.4, -0.2) is 0 Å². The van der Waals surface area contributed by atoms with Gasteiger partial charge in [0.15, 0.2) is 11.6 Å². The van der Waals surface area contributed by atoms with Gasteiger partial charge in [-0.25, -0.2) is 8.78 Å². The molecule has 2 rings (SSSR count). The van der Waals surface area contributed by atoms with Crippen molar-refractivity contribution in [3.05, 3.63) is 55.7 Å². The Balaban J connectivity index is 2.48. The van der Waals surface area contributed by atoms with Gasteiger partial charge in [-0.2, -0.15) is 0 Å². The first-order chi connectivity index (χ1) is 8.00. The largest absolute Gasteiger partial charge is 0.204 e. The number of benzene rings is 1. The molecule has 0 aliphatic heterocycles. The summed E-state index contributed by atoms with van der Waals surface area (Å²) in [4.78, 5) is 0.456. The van der Waals surface area contributed by atoms with Crippen molar-refractivity contribution in [3.63, 3.8) is 0 Å². The highest BCUT2D eigenvalue weighted by atomic mass is 79.9. The van der Waals surface area contributed by atoms with E-state index < -0.39 is 11.6 Å². The van der Waals surface area contributed by atoms with Gasteiger partial charge in [-0.15, -0.1) is 11.3 Å². The van der Waals surface area contributed by atoms with Gasteiger partial charge in [0, 0.05) is 9.90 Å². The second kappa shape index (κ2) is 5.22. The summed E-state index contributed by atoms with van der Waals surface area (Å²) in [5.74, 6) is -1.89. The Labute approximate surface area is 119 Å². The molecule has 0 nitrogen and oxygen atoms in total. The highest BCUT2D eigenvalue weighted by Gasteiger charge is 2.20. The quantitative estimate of drug-likeness (QED) is 0.469. The molecule has 0 aliphatic carbocycles. The van der Waals surface area contributed by atoms with E-state index in [-0.39, 0.29) is 9.85 Å². The summed E-state index contributed by atoms with van der Waals surface area (Å²) in [6.07, 6.45) is 0. The summed E-state index contributed by atoms with van der Waals surface area (Å²) in [6, 6.07) is 3.78. The average Bonchev–Trinajstić information content (AvgIpc) is 2.69. The number of alkyl halides is 1. The van der Waals surface area contributed by atoms with E-state index in [0.29, 0.717) is 10.6 Å². The summed E-state index contributed by atoms with van der Waals surface area (Å²) < 4.78 is 26.1. The normalized spacial score (nSPS) is 12.8. The third-order valence-corrected chi connectivity index (χ3v) is 5.19. The lowest BCUT2D eigenvalue weighted by Crippen LogP contribution is -1.95. The van der Waals surface area contributed by atoms with E-state index in [1.54, 1.807) is 6.07 Å². The Bertz CT molecular complexity index is 556. The Kier molecular flexibility index (Phi) is 4.08. The highest BCUT2D eigenvalue weighted by Crippen LogP contribution is 2.41. The molecule has 90 valence electrons. The highest BCUT2D eigenvalue weighted by molar-refractivity contribution is 9.09. The minimum Gasteiger partial charge on any atom is -0.204 e. The first kappa shape index (κ1) is 13.3. The predicted octanol–water partition coefficient (Wildman–Crippen LogP) is 5.82. The average molecular weight is 358 g/mol. The fourth-order valence-corrected chi connectivity index (χ4v) is 3.99. The molecule has 17 heavy (non-hydrogen) atoms. The summed E-state index contributed by atoms with van der Waals surface area (Å²) in [7, 11) is 0. The minimum atomic E-state index is -0.962. The fraction of sp³-hybridized carbons (Fsp3) is 0.0909. The minimum absolute atomic E-state index is 0.162. The van der Waals surface area contributed by atoms with Crippen molar-refractivity contribution < 1.29 is 8.78 Å². The number of halogens is 5. The van der Waals surface area contributed by atoms with Crippen molar-refractivity contribution in [1.82, 2.24) is 0 Å². The van der Waals surface area contributed by atoms with Crippen LogP contribution in [0.25, 0.3) is 0 Å². The van der Waals surface area contributed by atoms with E-state index in [1.165, 1.54) is 11.3 Å². The van der Waals surface area contributed by atoms with Gasteiger partial charge in [-0.3, -0.25) is 0 Å². The van der Waals surface area contributed by atoms with E-state index in [1.807, 2.05) is 5.38 Å². The molecule has 0 N–H and O–H groups in total. The van der Waals surface area contributed by atoms with Crippen molar-refractivity contribution in [2.75, 3.05) is 0 Å². The van der Waals surface area contributed by atoms with Crippen LogP contribution in [0, 0.1) is 11.6 Å². The van der Waals surface area contributed by atoms with Crippen LogP contribution in [0.3, 0.4) is 0 Å². The van der Waals surface area contributed by atoms with Crippen molar-refractivity contribution >= 4 is 50.5 Å². The molecular formula is C11H5BrCl2F2S. The van der Waals surface area contributed by atoms with Gasteiger partial charge in [-0.05, 0) is 29.1 Å². The predicted molar refractivity (Wildman–Crippen MR) is 71.5 cm³/mol. The second-order valence-corrected chi connectivity index (χ2v) is 5.96. The SMILES string of the molecule is Fc1cc(Cl)c(C(Br)c2sccc2Cl)cc1F. The van der Waals surface area contributed by atoms with Crippen molar-refractivity contribution in [3.8, 4) is 0 Å². The first-order valence-corrected chi connectivity index (χ1v) is 7.07. The summed E-state index contributed by atoms with van der Waals surface area (Å²) in [5, 5.41) is 2.55. The zero-order chi connectivity index (χ0) is 12.6. The van der Waals surface area contributed by atoms with Crippen LogP contribution in [0.15, 0.2) is 23.6 Å². The number of hydrogen-bond donors (Lipinski definition) is 0. The summed E-state index contributed by atoms with van der Waals surface area (Å²) >= 11 is 16.7. The zero-order valence-corrected chi connectivity index (χ0v) is 12.1. The van der Waals surface area contributed by atoms with E-state index >= 15 is 0 Å². The molecule has 0 radical (unpaired) electrons. The lowest BCUT2D eigenvalue weighted by atomic mass is 10.1. The fourth-order valence-electron chi connectivity index (χ4n) is 1.36. The maximum absolute atomic E-state index is 13.2. The molecule has 1 heterocycles. The van der Waals surface area contributed by atoms with Crippen LogP contribution >= 0.6 is 50.5 Å². The molecule has 2 aromatic rings. The molecule has 1 unspecified atom stereocenters. The molecule has 0 spiro atoms. The molecule has 0 amide bonds. The zero-order valence-electron chi connectivity index (χ0n) is 8.18. The lowest BCUT2D eigenvalue weighted by molar-refractivity contribution is 0.507. The number of hydrogen-bond acceptors (Lipinski definition) is 1. The maximum Gasteiger partial charge on any atom is 0.160 e. The van der Waals surface area contributed by atoms with Gasteiger partial charge in [0.2, 0.25) is 0 Å². The van der Waals surface area contributed by atoms with Crippen LogP contribution in [0.1, 0.15) is 15.3 Å². The van der Waals surface area contributed by atoms with Gasteiger partial charge in [0.25, 0.3) is 0 Å². The molecule has 1 aromatic heterocycles. The summed E-state index contributed by atoms with van der Waals surface area (Å²) in [6.45, 7) is 0. The van der Waals surface area contributed by atoms with Crippen molar-refractivity contribution in [2.24, 2.45) is 0 Å². The number of rotatable bonds is 2. The van der Waals surface area contributed by atoms with Crippen LogP contribution in [0.5, 0.6) is 0 Å². The van der Waals surface area contributed by atoms with Crippen molar-refractivity contribution in [2.45, 2.75) is 4.83 Å². The van der Waals surface area contributed by atoms with E-state index in [4.69, 9.17) is 23.2 Å². The second-order valence-electron chi connectivity index (χ2n) is 3.28. The topological polar surface area (TPSA) is 0 Å². The molecule has 0 aliphatic rings. The summed E-state index contributed by atoms with van der Waals surface area (Å²) in [5.41, 5.74) is 0.454. The van der Waals surface area contributed by atoms with Gasteiger partial charge in [-0.1, -0.05) is 39.1 Å².